The second kappa shape index (κ2) is 5.11. The molecule has 1 aromatic carbocycles. The third-order valence-corrected chi connectivity index (χ3v) is 1.49. The summed E-state index contributed by atoms with van der Waals surface area (Å²) in [5, 5.41) is 7.63. The van der Waals surface area contributed by atoms with Crippen molar-refractivity contribution in [2.75, 3.05) is 0 Å². The monoisotopic (exact) mass is 193 g/mol. The predicted molar refractivity (Wildman–Crippen MR) is 52.7 cm³/mol. The Labute approximate surface area is 82.2 Å². The van der Waals surface area contributed by atoms with E-state index in [1.165, 1.54) is 23.3 Å². The first-order valence-corrected chi connectivity index (χ1v) is 4.49. The fraction of sp³-hybridized carbons (Fsp3) is 0.200. The van der Waals surface area contributed by atoms with Crippen molar-refractivity contribution < 1.29 is 4.39 Å². The fourth-order valence-corrected chi connectivity index (χ4v) is 0.954. The SMILES string of the molecule is CC.Fc1ccccc1-n1nccn1. The summed E-state index contributed by atoms with van der Waals surface area (Å²) in [6.07, 6.45) is 3.01. The van der Waals surface area contributed by atoms with Gasteiger partial charge in [0.15, 0.2) is 5.82 Å². The van der Waals surface area contributed by atoms with Crippen LogP contribution in [0.5, 0.6) is 0 Å². The van der Waals surface area contributed by atoms with Crippen molar-refractivity contribution in [1.82, 2.24) is 15.0 Å². The molecule has 0 radical (unpaired) electrons. The molecule has 3 nitrogen and oxygen atoms in total. The second-order valence-electron chi connectivity index (χ2n) is 2.27. The molecule has 0 atom stereocenters. The first kappa shape index (κ1) is 10.4. The largest absolute Gasteiger partial charge is 0.205 e. The molecule has 4 heteroatoms. The predicted octanol–water partition coefficient (Wildman–Crippen LogP) is 2.43. The Kier molecular flexibility index (Phi) is 3.79. The van der Waals surface area contributed by atoms with E-state index in [0.717, 1.165) is 0 Å². The summed E-state index contributed by atoms with van der Waals surface area (Å²) < 4.78 is 13.1. The fourth-order valence-electron chi connectivity index (χ4n) is 0.954. The zero-order valence-corrected chi connectivity index (χ0v) is 8.18. The minimum atomic E-state index is -0.325. The van der Waals surface area contributed by atoms with E-state index in [4.69, 9.17) is 0 Å². The zero-order valence-electron chi connectivity index (χ0n) is 8.18. The van der Waals surface area contributed by atoms with Crippen molar-refractivity contribution in [3.05, 3.63) is 42.5 Å². The molecule has 1 aromatic heterocycles. The van der Waals surface area contributed by atoms with Crippen LogP contribution >= 0.6 is 0 Å². The summed E-state index contributed by atoms with van der Waals surface area (Å²) in [4.78, 5) is 1.25. The van der Waals surface area contributed by atoms with Crippen LogP contribution in [0.2, 0.25) is 0 Å². The quantitative estimate of drug-likeness (QED) is 0.696. The van der Waals surface area contributed by atoms with Crippen LogP contribution in [0.4, 0.5) is 4.39 Å². The third kappa shape index (κ3) is 2.16. The molecular weight excluding hydrogens is 181 g/mol. The minimum absolute atomic E-state index is 0.325. The van der Waals surface area contributed by atoms with Crippen molar-refractivity contribution >= 4 is 0 Å². The normalized spacial score (nSPS) is 9.07. The number of benzene rings is 1. The van der Waals surface area contributed by atoms with Crippen molar-refractivity contribution in [3.8, 4) is 5.69 Å². The van der Waals surface area contributed by atoms with Crippen LogP contribution in [0.15, 0.2) is 36.7 Å². The van der Waals surface area contributed by atoms with E-state index in [2.05, 4.69) is 10.2 Å². The molecule has 74 valence electrons. The smallest absolute Gasteiger partial charge is 0.150 e. The van der Waals surface area contributed by atoms with Gasteiger partial charge in [0.05, 0.1) is 12.4 Å². The van der Waals surface area contributed by atoms with Crippen LogP contribution in [0.3, 0.4) is 0 Å². The van der Waals surface area contributed by atoms with Gasteiger partial charge in [-0.2, -0.15) is 10.2 Å². The first-order chi connectivity index (χ1) is 6.88. The second-order valence-corrected chi connectivity index (χ2v) is 2.27. The lowest BCUT2D eigenvalue weighted by Crippen LogP contribution is -2.00. The van der Waals surface area contributed by atoms with Crippen LogP contribution in [0, 0.1) is 5.82 Å². The molecule has 2 rings (SSSR count). The molecule has 0 aliphatic heterocycles. The topological polar surface area (TPSA) is 30.7 Å². The molecule has 0 N–H and O–H groups in total. The summed E-state index contributed by atoms with van der Waals surface area (Å²) in [6, 6.07) is 6.36. The molecule has 0 saturated heterocycles. The van der Waals surface area contributed by atoms with Crippen LogP contribution in [-0.2, 0) is 0 Å². The molecule has 2 aromatic rings. The number of hydrogen-bond acceptors (Lipinski definition) is 2. The molecular formula is C10H12FN3. The van der Waals surface area contributed by atoms with Crippen molar-refractivity contribution in [2.45, 2.75) is 13.8 Å². The summed E-state index contributed by atoms with van der Waals surface area (Å²) in [6.45, 7) is 4.00. The van der Waals surface area contributed by atoms with E-state index in [1.807, 2.05) is 13.8 Å². The Bertz CT molecular complexity index is 371. The maximum Gasteiger partial charge on any atom is 0.150 e. The summed E-state index contributed by atoms with van der Waals surface area (Å²) in [5.41, 5.74) is 0.363. The average Bonchev–Trinajstić information content (AvgIpc) is 2.75. The van der Waals surface area contributed by atoms with Crippen LogP contribution in [0.1, 0.15) is 13.8 Å². The Morgan fingerprint density at radius 1 is 1.07 bits per heavy atom. The Hall–Kier alpha value is -1.71. The standard InChI is InChI=1S/C8H6FN3.C2H6/c9-7-3-1-2-4-8(7)12-10-5-6-11-12;1-2/h1-6H;1-2H3. The Morgan fingerprint density at radius 3 is 2.21 bits per heavy atom. The zero-order chi connectivity index (χ0) is 10.4. The number of aromatic nitrogens is 3. The molecule has 0 fully saturated rings. The van der Waals surface area contributed by atoms with Crippen LogP contribution in [-0.4, -0.2) is 15.0 Å². The summed E-state index contributed by atoms with van der Waals surface area (Å²) in [5.74, 6) is -0.325. The van der Waals surface area contributed by atoms with Gasteiger partial charge >= 0.3 is 0 Å². The maximum atomic E-state index is 13.1. The van der Waals surface area contributed by atoms with Crippen molar-refractivity contribution in [1.29, 1.82) is 0 Å². The number of hydrogen-bond donors (Lipinski definition) is 0. The first-order valence-electron chi connectivity index (χ1n) is 4.49. The molecule has 0 saturated carbocycles. The highest BCUT2D eigenvalue weighted by Gasteiger charge is 2.02. The lowest BCUT2D eigenvalue weighted by molar-refractivity contribution is 0.596. The van der Waals surface area contributed by atoms with Gasteiger partial charge in [0.25, 0.3) is 0 Å². The molecule has 0 amide bonds. The van der Waals surface area contributed by atoms with E-state index < -0.39 is 0 Å². The van der Waals surface area contributed by atoms with E-state index in [9.17, 15) is 4.39 Å². The molecule has 1 heterocycles. The van der Waals surface area contributed by atoms with E-state index >= 15 is 0 Å². The summed E-state index contributed by atoms with van der Waals surface area (Å²) in [7, 11) is 0. The van der Waals surface area contributed by atoms with Gasteiger partial charge in [0, 0.05) is 0 Å². The minimum Gasteiger partial charge on any atom is -0.205 e. The average molecular weight is 193 g/mol. The summed E-state index contributed by atoms with van der Waals surface area (Å²) >= 11 is 0. The van der Waals surface area contributed by atoms with Gasteiger partial charge in [-0.05, 0) is 12.1 Å². The lowest BCUT2D eigenvalue weighted by Gasteiger charge is -1.98. The molecule has 14 heavy (non-hydrogen) atoms. The van der Waals surface area contributed by atoms with Gasteiger partial charge < -0.3 is 0 Å². The van der Waals surface area contributed by atoms with Gasteiger partial charge in [0.2, 0.25) is 0 Å². The van der Waals surface area contributed by atoms with Gasteiger partial charge in [-0.1, -0.05) is 26.0 Å². The van der Waals surface area contributed by atoms with Crippen molar-refractivity contribution in [2.24, 2.45) is 0 Å². The lowest BCUT2D eigenvalue weighted by atomic mass is 10.3. The van der Waals surface area contributed by atoms with E-state index in [0.29, 0.717) is 5.69 Å². The maximum absolute atomic E-state index is 13.1. The van der Waals surface area contributed by atoms with Crippen LogP contribution in [0.25, 0.3) is 5.69 Å². The number of halogens is 1. The Morgan fingerprint density at radius 2 is 1.64 bits per heavy atom. The van der Waals surface area contributed by atoms with Gasteiger partial charge in [-0.3, -0.25) is 0 Å². The van der Waals surface area contributed by atoms with Gasteiger partial charge in [-0.15, -0.1) is 4.80 Å². The highest BCUT2D eigenvalue weighted by atomic mass is 19.1. The molecule has 0 spiro atoms. The highest BCUT2D eigenvalue weighted by Crippen LogP contribution is 2.08. The number of para-hydroxylation sites is 1. The Balaban J connectivity index is 0.000000461. The number of rotatable bonds is 1. The number of nitrogens with zero attached hydrogens (tertiary/aromatic N) is 3. The van der Waals surface area contributed by atoms with E-state index in [1.54, 1.807) is 18.2 Å². The van der Waals surface area contributed by atoms with E-state index in [-0.39, 0.29) is 5.82 Å². The van der Waals surface area contributed by atoms with Gasteiger partial charge in [0.1, 0.15) is 5.69 Å². The molecule has 0 aliphatic rings. The molecule has 0 bridgehead atoms. The highest BCUT2D eigenvalue weighted by molar-refractivity contribution is 5.30. The van der Waals surface area contributed by atoms with Crippen molar-refractivity contribution in [3.63, 3.8) is 0 Å². The third-order valence-electron chi connectivity index (χ3n) is 1.49. The molecule has 0 aliphatic carbocycles. The molecule has 0 unspecified atom stereocenters. The van der Waals surface area contributed by atoms with Crippen LogP contribution < -0.4 is 0 Å². The van der Waals surface area contributed by atoms with Gasteiger partial charge in [-0.25, -0.2) is 4.39 Å².